The SMILES string of the molecule is O=C(/C=C/CF)Nc1ccc2ocnc2c1. The number of halogens is 1. The molecule has 0 unspecified atom stereocenters. The highest BCUT2D eigenvalue weighted by Crippen LogP contribution is 2.17. The summed E-state index contributed by atoms with van der Waals surface area (Å²) >= 11 is 0. The van der Waals surface area contributed by atoms with Crippen LogP contribution in [-0.4, -0.2) is 17.6 Å². The van der Waals surface area contributed by atoms with E-state index in [2.05, 4.69) is 10.3 Å². The highest BCUT2D eigenvalue weighted by molar-refractivity contribution is 6.00. The number of fused-ring (bicyclic) bond motifs is 1. The third-order valence-electron chi connectivity index (χ3n) is 1.96. The van der Waals surface area contributed by atoms with Crippen LogP contribution in [0, 0.1) is 0 Å². The number of aromatic nitrogens is 1. The van der Waals surface area contributed by atoms with E-state index in [1.54, 1.807) is 18.2 Å². The summed E-state index contributed by atoms with van der Waals surface area (Å²) in [7, 11) is 0. The molecule has 1 aromatic carbocycles. The first-order valence-electron chi connectivity index (χ1n) is 4.66. The molecule has 0 saturated carbocycles. The van der Waals surface area contributed by atoms with Crippen molar-refractivity contribution in [3.63, 3.8) is 0 Å². The van der Waals surface area contributed by atoms with Crippen molar-refractivity contribution >= 4 is 22.7 Å². The van der Waals surface area contributed by atoms with Crippen LogP contribution in [0.1, 0.15) is 0 Å². The van der Waals surface area contributed by atoms with Gasteiger partial charge in [-0.2, -0.15) is 0 Å². The molecule has 16 heavy (non-hydrogen) atoms. The number of carbonyl (C=O) groups excluding carboxylic acids is 1. The first kappa shape index (κ1) is 10.4. The Balaban J connectivity index is 2.14. The largest absolute Gasteiger partial charge is 0.443 e. The Bertz CT molecular complexity index is 534. The van der Waals surface area contributed by atoms with Crippen molar-refractivity contribution in [2.75, 3.05) is 12.0 Å². The number of benzene rings is 1. The highest BCUT2D eigenvalue weighted by atomic mass is 19.1. The van der Waals surface area contributed by atoms with Crippen LogP contribution in [0.5, 0.6) is 0 Å². The van der Waals surface area contributed by atoms with Crippen LogP contribution in [0.15, 0.2) is 41.2 Å². The second-order valence-corrected chi connectivity index (χ2v) is 3.08. The van der Waals surface area contributed by atoms with Gasteiger partial charge in [-0.25, -0.2) is 9.37 Å². The molecule has 4 nitrogen and oxygen atoms in total. The number of hydrogen-bond donors (Lipinski definition) is 1. The average molecular weight is 220 g/mol. The van der Waals surface area contributed by atoms with Gasteiger partial charge in [-0.1, -0.05) is 0 Å². The Labute approximate surface area is 90.8 Å². The van der Waals surface area contributed by atoms with E-state index in [1.165, 1.54) is 6.39 Å². The minimum absolute atomic E-state index is 0.375. The van der Waals surface area contributed by atoms with E-state index in [4.69, 9.17) is 4.42 Å². The van der Waals surface area contributed by atoms with Gasteiger partial charge in [0.15, 0.2) is 12.0 Å². The third-order valence-corrected chi connectivity index (χ3v) is 1.96. The number of carbonyl (C=O) groups is 1. The number of alkyl halides is 1. The van der Waals surface area contributed by atoms with Crippen LogP contribution in [-0.2, 0) is 4.79 Å². The molecule has 0 saturated heterocycles. The van der Waals surface area contributed by atoms with Gasteiger partial charge in [0.1, 0.15) is 12.2 Å². The topological polar surface area (TPSA) is 55.1 Å². The minimum atomic E-state index is -0.657. The van der Waals surface area contributed by atoms with Crippen LogP contribution in [0.2, 0.25) is 0 Å². The first-order chi connectivity index (χ1) is 7.79. The lowest BCUT2D eigenvalue weighted by Crippen LogP contribution is -2.07. The number of anilines is 1. The van der Waals surface area contributed by atoms with Crippen molar-refractivity contribution < 1.29 is 13.6 Å². The van der Waals surface area contributed by atoms with Crippen molar-refractivity contribution in [2.45, 2.75) is 0 Å². The van der Waals surface area contributed by atoms with Crippen molar-refractivity contribution in [1.82, 2.24) is 4.98 Å². The van der Waals surface area contributed by atoms with Gasteiger partial charge < -0.3 is 9.73 Å². The lowest BCUT2D eigenvalue weighted by Gasteiger charge is -2.00. The van der Waals surface area contributed by atoms with Gasteiger partial charge in [-0.3, -0.25) is 4.79 Å². The molecule has 1 amide bonds. The number of hydrogen-bond acceptors (Lipinski definition) is 3. The Kier molecular flexibility index (Phi) is 2.95. The lowest BCUT2D eigenvalue weighted by molar-refractivity contribution is -0.111. The van der Waals surface area contributed by atoms with E-state index in [0.717, 1.165) is 12.2 Å². The zero-order valence-corrected chi connectivity index (χ0v) is 8.31. The number of amides is 1. The fraction of sp³-hybridized carbons (Fsp3) is 0.0909. The number of oxazole rings is 1. The van der Waals surface area contributed by atoms with Crippen LogP contribution < -0.4 is 5.32 Å². The predicted octanol–water partition coefficient (Wildman–Crippen LogP) is 2.29. The summed E-state index contributed by atoms with van der Waals surface area (Å²) in [6, 6.07) is 5.07. The Morgan fingerprint density at radius 3 is 3.25 bits per heavy atom. The molecule has 0 spiro atoms. The molecular formula is C11H9FN2O2. The lowest BCUT2D eigenvalue weighted by atomic mass is 10.3. The van der Waals surface area contributed by atoms with Crippen LogP contribution in [0.3, 0.4) is 0 Å². The summed E-state index contributed by atoms with van der Waals surface area (Å²) in [5, 5.41) is 2.58. The molecule has 0 aliphatic heterocycles. The Morgan fingerprint density at radius 2 is 2.44 bits per heavy atom. The van der Waals surface area contributed by atoms with Gasteiger partial charge in [-0.15, -0.1) is 0 Å². The third kappa shape index (κ3) is 2.25. The molecule has 0 bridgehead atoms. The fourth-order valence-electron chi connectivity index (χ4n) is 1.27. The van der Waals surface area contributed by atoms with Crippen LogP contribution >= 0.6 is 0 Å². The van der Waals surface area contributed by atoms with Gasteiger partial charge in [0, 0.05) is 11.8 Å². The molecule has 0 aliphatic carbocycles. The average Bonchev–Trinajstić information content (AvgIpc) is 2.73. The standard InChI is InChI=1S/C11H9FN2O2/c12-5-1-2-11(15)14-8-3-4-10-9(6-8)13-7-16-10/h1-4,6-7H,5H2,(H,14,15)/b2-1+. The molecule has 0 fully saturated rings. The predicted molar refractivity (Wildman–Crippen MR) is 57.8 cm³/mol. The van der Waals surface area contributed by atoms with Gasteiger partial charge >= 0.3 is 0 Å². The summed E-state index contributed by atoms with van der Waals surface area (Å²) in [4.78, 5) is 15.2. The van der Waals surface area contributed by atoms with E-state index in [1.807, 2.05) is 0 Å². The maximum absolute atomic E-state index is 11.8. The maximum Gasteiger partial charge on any atom is 0.248 e. The molecule has 1 heterocycles. The molecule has 82 valence electrons. The minimum Gasteiger partial charge on any atom is -0.443 e. The van der Waals surface area contributed by atoms with Gasteiger partial charge in [0.05, 0.1) is 0 Å². The molecule has 2 aromatic rings. The highest BCUT2D eigenvalue weighted by Gasteiger charge is 2.01. The summed E-state index contributed by atoms with van der Waals surface area (Å²) in [6.45, 7) is -0.657. The van der Waals surface area contributed by atoms with E-state index < -0.39 is 6.67 Å². The zero-order valence-electron chi connectivity index (χ0n) is 8.31. The number of allylic oxidation sites excluding steroid dienone is 1. The quantitative estimate of drug-likeness (QED) is 0.807. The van der Waals surface area contributed by atoms with E-state index in [0.29, 0.717) is 16.8 Å². The molecule has 0 atom stereocenters. The van der Waals surface area contributed by atoms with Crippen LogP contribution in [0.4, 0.5) is 10.1 Å². The first-order valence-corrected chi connectivity index (χ1v) is 4.66. The molecular weight excluding hydrogens is 211 g/mol. The molecule has 0 aliphatic rings. The number of nitrogens with zero attached hydrogens (tertiary/aromatic N) is 1. The van der Waals surface area contributed by atoms with Gasteiger partial charge in [0.2, 0.25) is 5.91 Å². The Hall–Kier alpha value is -2.17. The molecule has 5 heteroatoms. The second kappa shape index (κ2) is 4.57. The van der Waals surface area contributed by atoms with Crippen molar-refractivity contribution in [3.05, 3.63) is 36.7 Å². The second-order valence-electron chi connectivity index (χ2n) is 3.08. The van der Waals surface area contributed by atoms with E-state index in [9.17, 15) is 9.18 Å². The summed E-state index contributed by atoms with van der Waals surface area (Å²) < 4.78 is 16.8. The van der Waals surface area contributed by atoms with Gasteiger partial charge in [-0.05, 0) is 24.3 Å². The molecule has 1 N–H and O–H groups in total. The van der Waals surface area contributed by atoms with Crippen molar-refractivity contribution in [1.29, 1.82) is 0 Å². The summed E-state index contributed by atoms with van der Waals surface area (Å²) in [6.07, 6.45) is 3.62. The Morgan fingerprint density at radius 1 is 1.56 bits per heavy atom. The van der Waals surface area contributed by atoms with E-state index >= 15 is 0 Å². The number of nitrogens with one attached hydrogen (secondary N) is 1. The summed E-state index contributed by atoms with van der Waals surface area (Å²) in [5.41, 5.74) is 1.90. The number of rotatable bonds is 3. The zero-order chi connectivity index (χ0) is 11.4. The van der Waals surface area contributed by atoms with Crippen molar-refractivity contribution in [3.8, 4) is 0 Å². The van der Waals surface area contributed by atoms with E-state index in [-0.39, 0.29) is 5.91 Å². The smallest absolute Gasteiger partial charge is 0.248 e. The molecule has 2 rings (SSSR count). The molecule has 0 radical (unpaired) electrons. The van der Waals surface area contributed by atoms with Crippen LogP contribution in [0.25, 0.3) is 11.1 Å². The van der Waals surface area contributed by atoms with Crippen molar-refractivity contribution in [2.24, 2.45) is 0 Å². The monoisotopic (exact) mass is 220 g/mol. The normalized spacial score (nSPS) is 11.1. The fourth-order valence-corrected chi connectivity index (χ4v) is 1.27. The van der Waals surface area contributed by atoms with Gasteiger partial charge in [0.25, 0.3) is 0 Å². The molecule has 1 aromatic heterocycles. The maximum atomic E-state index is 11.8. The summed E-state index contributed by atoms with van der Waals surface area (Å²) in [5.74, 6) is -0.375.